The first-order valence-corrected chi connectivity index (χ1v) is 7.69. The van der Waals surface area contributed by atoms with Crippen LogP contribution in [0.3, 0.4) is 0 Å². The molecule has 0 heterocycles. The molecule has 0 aromatic rings. The highest BCUT2D eigenvalue weighted by Gasteiger charge is 2.19. The number of aliphatic carboxylic acids is 1. The number of carbonyl (C=O) groups excluding carboxylic acids is 1. The summed E-state index contributed by atoms with van der Waals surface area (Å²) in [5, 5.41) is 13.9. The summed E-state index contributed by atoms with van der Waals surface area (Å²) in [6.45, 7) is 3.68. The Kier molecular flexibility index (Phi) is 8.36. The van der Waals surface area contributed by atoms with E-state index in [1.165, 1.54) is 0 Å². The minimum atomic E-state index is -1.04. The van der Waals surface area contributed by atoms with E-state index in [4.69, 9.17) is 5.11 Å². The molecule has 0 spiro atoms. The summed E-state index contributed by atoms with van der Waals surface area (Å²) < 4.78 is 11.0. The number of carboxylic acids is 1. The molecule has 0 bridgehead atoms. The van der Waals surface area contributed by atoms with Gasteiger partial charge in [0.15, 0.2) is 0 Å². The minimum Gasteiger partial charge on any atom is -0.480 e. The molecule has 0 aromatic heterocycles. The predicted molar refractivity (Wildman–Crippen MR) is 71.0 cm³/mol. The van der Waals surface area contributed by atoms with E-state index in [-0.39, 0.29) is 6.04 Å². The quantitative estimate of drug-likeness (QED) is 0.609. The smallest absolute Gasteiger partial charge is 0.326 e. The highest BCUT2D eigenvalue weighted by atomic mass is 32.2. The molecule has 3 atom stereocenters. The van der Waals surface area contributed by atoms with Gasteiger partial charge < -0.3 is 15.7 Å². The summed E-state index contributed by atoms with van der Waals surface area (Å²) in [6, 6.07) is -1.66. The normalized spacial score (nSPS) is 15.5. The van der Waals surface area contributed by atoms with Crippen molar-refractivity contribution in [2.24, 2.45) is 0 Å². The van der Waals surface area contributed by atoms with E-state index in [9.17, 15) is 13.8 Å². The third-order valence-corrected chi connectivity index (χ3v) is 3.28. The maximum atomic E-state index is 11.5. The molecular weight excluding hydrogens is 256 g/mol. The Morgan fingerprint density at radius 2 is 1.94 bits per heavy atom. The summed E-state index contributed by atoms with van der Waals surface area (Å²) in [6.07, 6.45) is 3.58. The number of hydrogen-bond acceptors (Lipinski definition) is 3. The van der Waals surface area contributed by atoms with E-state index in [1.807, 2.05) is 6.92 Å². The molecule has 0 aliphatic heterocycles. The third kappa shape index (κ3) is 8.05. The zero-order valence-corrected chi connectivity index (χ0v) is 11.9. The van der Waals surface area contributed by atoms with Gasteiger partial charge in [0.2, 0.25) is 0 Å². The zero-order valence-electron chi connectivity index (χ0n) is 11.1. The van der Waals surface area contributed by atoms with E-state index < -0.39 is 28.8 Å². The standard InChI is InChI=1S/C11H22N2O4S/c1-4-5-6-9(10(14)15)13-11(16)12-8(2)7-18(3)17/h8-9H,4-7H2,1-3H3,(H,14,15)(H2,12,13,16). The molecule has 0 rings (SSSR count). The van der Waals surface area contributed by atoms with Crippen LogP contribution in [-0.2, 0) is 15.6 Å². The average Bonchev–Trinajstić information content (AvgIpc) is 2.22. The molecule has 3 N–H and O–H groups in total. The van der Waals surface area contributed by atoms with Crippen molar-refractivity contribution in [1.29, 1.82) is 0 Å². The maximum absolute atomic E-state index is 11.5. The monoisotopic (exact) mass is 278 g/mol. The molecule has 0 aliphatic rings. The lowest BCUT2D eigenvalue weighted by molar-refractivity contribution is -0.139. The summed E-state index contributed by atoms with van der Waals surface area (Å²) in [5.41, 5.74) is 0. The van der Waals surface area contributed by atoms with Crippen molar-refractivity contribution < 1.29 is 18.9 Å². The highest BCUT2D eigenvalue weighted by molar-refractivity contribution is 7.84. The van der Waals surface area contributed by atoms with Gasteiger partial charge in [-0.3, -0.25) is 4.21 Å². The van der Waals surface area contributed by atoms with Crippen LogP contribution in [0.1, 0.15) is 33.1 Å². The molecule has 106 valence electrons. The number of nitrogens with one attached hydrogen (secondary N) is 2. The van der Waals surface area contributed by atoms with Gasteiger partial charge in [-0.25, -0.2) is 9.59 Å². The Morgan fingerprint density at radius 1 is 1.33 bits per heavy atom. The molecule has 0 saturated heterocycles. The first-order valence-electron chi connectivity index (χ1n) is 5.96. The van der Waals surface area contributed by atoms with Crippen LogP contribution in [0.2, 0.25) is 0 Å². The number of urea groups is 1. The molecular formula is C11H22N2O4S. The Labute approximate surface area is 110 Å². The topological polar surface area (TPSA) is 95.5 Å². The van der Waals surface area contributed by atoms with Crippen LogP contribution >= 0.6 is 0 Å². The van der Waals surface area contributed by atoms with E-state index in [0.29, 0.717) is 12.2 Å². The Morgan fingerprint density at radius 3 is 2.39 bits per heavy atom. The zero-order chi connectivity index (χ0) is 14.1. The van der Waals surface area contributed by atoms with Crippen LogP contribution in [0.5, 0.6) is 0 Å². The molecule has 7 heteroatoms. The molecule has 0 saturated carbocycles. The third-order valence-electron chi connectivity index (χ3n) is 2.31. The van der Waals surface area contributed by atoms with Crippen molar-refractivity contribution in [2.75, 3.05) is 12.0 Å². The van der Waals surface area contributed by atoms with E-state index >= 15 is 0 Å². The van der Waals surface area contributed by atoms with Crippen LogP contribution in [0, 0.1) is 0 Å². The van der Waals surface area contributed by atoms with Gasteiger partial charge in [0.05, 0.1) is 0 Å². The Bertz CT molecular complexity index is 309. The number of carboxylic acid groups (broad SMARTS) is 1. The van der Waals surface area contributed by atoms with Gasteiger partial charge in [0, 0.05) is 28.9 Å². The molecule has 0 radical (unpaired) electrons. The van der Waals surface area contributed by atoms with Gasteiger partial charge in [-0.15, -0.1) is 0 Å². The lowest BCUT2D eigenvalue weighted by Gasteiger charge is -2.17. The number of rotatable bonds is 8. The lowest BCUT2D eigenvalue weighted by Crippen LogP contribution is -2.49. The Hall–Kier alpha value is -1.11. The van der Waals surface area contributed by atoms with Gasteiger partial charge in [-0.2, -0.15) is 0 Å². The number of hydrogen-bond donors (Lipinski definition) is 3. The van der Waals surface area contributed by atoms with E-state index in [0.717, 1.165) is 12.8 Å². The van der Waals surface area contributed by atoms with Gasteiger partial charge in [-0.1, -0.05) is 19.8 Å². The first-order chi connectivity index (χ1) is 8.36. The predicted octanol–water partition coefficient (Wildman–Crippen LogP) is 0.696. The maximum Gasteiger partial charge on any atom is 0.326 e. The lowest BCUT2D eigenvalue weighted by atomic mass is 10.1. The molecule has 0 aromatic carbocycles. The summed E-state index contributed by atoms with van der Waals surface area (Å²) in [4.78, 5) is 22.4. The fourth-order valence-corrected chi connectivity index (χ4v) is 2.27. The summed E-state index contributed by atoms with van der Waals surface area (Å²) in [7, 11) is -0.997. The second kappa shape index (κ2) is 8.91. The second-order valence-electron chi connectivity index (χ2n) is 4.29. The summed E-state index contributed by atoms with van der Waals surface area (Å²) in [5.74, 6) is -0.689. The molecule has 6 nitrogen and oxygen atoms in total. The van der Waals surface area contributed by atoms with Gasteiger partial charge >= 0.3 is 12.0 Å². The molecule has 18 heavy (non-hydrogen) atoms. The van der Waals surface area contributed by atoms with Crippen LogP contribution < -0.4 is 10.6 Å². The van der Waals surface area contributed by atoms with Gasteiger partial charge in [0.25, 0.3) is 0 Å². The number of amides is 2. The molecule has 0 aliphatic carbocycles. The first kappa shape index (κ1) is 16.9. The Balaban J connectivity index is 4.16. The fourth-order valence-electron chi connectivity index (χ4n) is 1.48. The van der Waals surface area contributed by atoms with Crippen LogP contribution in [0.4, 0.5) is 4.79 Å². The van der Waals surface area contributed by atoms with Crippen LogP contribution in [-0.4, -0.2) is 45.4 Å². The number of unbranched alkanes of at least 4 members (excludes halogenated alkanes) is 1. The molecule has 2 amide bonds. The molecule has 3 unspecified atom stereocenters. The van der Waals surface area contributed by atoms with Crippen molar-refractivity contribution in [3.63, 3.8) is 0 Å². The SMILES string of the molecule is CCCCC(NC(=O)NC(C)CS(C)=O)C(=O)O. The van der Waals surface area contributed by atoms with Crippen LogP contribution in [0.25, 0.3) is 0 Å². The van der Waals surface area contributed by atoms with E-state index in [2.05, 4.69) is 10.6 Å². The van der Waals surface area contributed by atoms with Crippen molar-refractivity contribution in [3.05, 3.63) is 0 Å². The average molecular weight is 278 g/mol. The van der Waals surface area contributed by atoms with E-state index in [1.54, 1.807) is 13.2 Å². The van der Waals surface area contributed by atoms with Crippen molar-refractivity contribution in [2.45, 2.75) is 45.2 Å². The number of carbonyl (C=O) groups is 2. The van der Waals surface area contributed by atoms with Crippen molar-refractivity contribution in [3.8, 4) is 0 Å². The largest absolute Gasteiger partial charge is 0.480 e. The van der Waals surface area contributed by atoms with Crippen molar-refractivity contribution >= 4 is 22.8 Å². The second-order valence-corrected chi connectivity index (χ2v) is 5.77. The minimum absolute atomic E-state index is 0.253. The summed E-state index contributed by atoms with van der Waals surface area (Å²) >= 11 is 0. The molecule has 0 fully saturated rings. The fraction of sp³-hybridized carbons (Fsp3) is 0.818. The van der Waals surface area contributed by atoms with Crippen LogP contribution in [0.15, 0.2) is 0 Å². The van der Waals surface area contributed by atoms with Gasteiger partial charge in [0.1, 0.15) is 6.04 Å². The van der Waals surface area contributed by atoms with Gasteiger partial charge in [-0.05, 0) is 13.3 Å². The van der Waals surface area contributed by atoms with Crippen molar-refractivity contribution in [1.82, 2.24) is 10.6 Å². The highest BCUT2D eigenvalue weighted by Crippen LogP contribution is 2.00.